The number of phosphoric acid groups is 3. The van der Waals surface area contributed by atoms with Crippen molar-refractivity contribution in [3.8, 4) is 34.3 Å². The molecule has 4 aromatic rings. The highest BCUT2D eigenvalue weighted by Gasteiger charge is 2.43. The van der Waals surface area contributed by atoms with Crippen molar-refractivity contribution in [2.75, 3.05) is 50.9 Å². The zero-order valence-corrected chi connectivity index (χ0v) is 44.8. The summed E-state index contributed by atoms with van der Waals surface area (Å²) in [5, 5.41) is 16.4. The molecule has 0 radical (unpaired) electrons. The minimum atomic E-state index is -5.80. The molecule has 4 heterocycles. The van der Waals surface area contributed by atoms with Gasteiger partial charge in [0.15, 0.2) is 11.3 Å². The van der Waals surface area contributed by atoms with E-state index in [-0.39, 0.29) is 107 Å². The van der Waals surface area contributed by atoms with Crippen LogP contribution in [0.15, 0.2) is 75.3 Å². The molecule has 0 saturated carbocycles. The molecule has 1 saturated heterocycles. The first kappa shape index (κ1) is 58.7. The second kappa shape index (κ2) is 23.1. The van der Waals surface area contributed by atoms with Crippen LogP contribution in [0.2, 0.25) is 0 Å². The molecule has 77 heavy (non-hydrogen) atoms. The van der Waals surface area contributed by atoms with E-state index in [1.165, 1.54) is 59.1 Å². The Morgan fingerprint density at radius 2 is 1.73 bits per heavy atom. The number of hydrogen-bond acceptors (Lipinski definition) is 20. The van der Waals surface area contributed by atoms with Gasteiger partial charge in [0.2, 0.25) is 16.2 Å². The van der Waals surface area contributed by atoms with Gasteiger partial charge in [-0.05, 0) is 50.1 Å². The fourth-order valence-corrected chi connectivity index (χ4v) is 13.0. The highest BCUT2D eigenvalue weighted by Crippen LogP contribution is 2.66. The maximum atomic E-state index is 14.3. The lowest BCUT2D eigenvalue weighted by Crippen LogP contribution is -2.76. The van der Waals surface area contributed by atoms with Gasteiger partial charge in [-0.15, -0.1) is 0 Å². The Balaban J connectivity index is 1.05. The lowest BCUT2D eigenvalue weighted by molar-refractivity contribution is -0.498. The summed E-state index contributed by atoms with van der Waals surface area (Å²) in [4.78, 5) is 74.9. The van der Waals surface area contributed by atoms with E-state index in [0.717, 1.165) is 6.33 Å². The number of aliphatic hydroxyl groups excluding tert-OH is 1. The Bertz CT molecular complexity index is 3780. The van der Waals surface area contributed by atoms with E-state index >= 15 is 0 Å². The summed E-state index contributed by atoms with van der Waals surface area (Å²) in [6, 6.07) is 11.8. The third-order valence-electron chi connectivity index (χ3n) is 11.4. The number of carbonyl (C=O) groups excluding carboxylic acids is 2. The van der Waals surface area contributed by atoms with Crippen LogP contribution >= 0.6 is 23.5 Å². The van der Waals surface area contributed by atoms with E-state index < -0.39 is 102 Å². The maximum Gasteiger partial charge on any atom is 0.490 e. The molecule has 2 unspecified atom stereocenters. The number of benzene rings is 3. The fraction of sp³-hybridized carbons (Fsp3) is 0.326. The number of fused-ring (bicyclic) bond motifs is 3. The molecule has 2 amide bonds. The van der Waals surface area contributed by atoms with Gasteiger partial charge >= 0.3 is 33.6 Å². The van der Waals surface area contributed by atoms with Gasteiger partial charge in [0.05, 0.1) is 35.9 Å². The number of rotatable bonds is 20. The van der Waals surface area contributed by atoms with E-state index in [9.17, 15) is 64.1 Å². The first-order valence-corrected chi connectivity index (χ1v) is 30.0. The zero-order chi connectivity index (χ0) is 56.4. The Morgan fingerprint density at radius 3 is 2.40 bits per heavy atom. The topological polar surface area (TPSA) is 446 Å². The Kier molecular flexibility index (Phi) is 17.6. The molecule has 3 aliphatic rings. The number of nitrogen functional groups attached to an aromatic ring is 1. The quantitative estimate of drug-likeness (QED) is 0.0222. The number of nitrogens with two attached hydrogens (primary N) is 1. The van der Waals surface area contributed by atoms with Crippen LogP contribution in [-0.2, 0) is 56.6 Å². The summed E-state index contributed by atoms with van der Waals surface area (Å²) in [6.45, 7) is 2.65. The van der Waals surface area contributed by atoms with Crippen LogP contribution in [0.4, 0.5) is 11.5 Å². The van der Waals surface area contributed by atoms with Crippen LogP contribution in [0.5, 0.6) is 0 Å². The van der Waals surface area contributed by atoms with Gasteiger partial charge in [0.1, 0.15) is 51.7 Å². The van der Waals surface area contributed by atoms with Crippen LogP contribution in [0.3, 0.4) is 0 Å². The zero-order valence-electron chi connectivity index (χ0n) is 40.5. The molecular formula is C43H49N8O21P3S2. The highest BCUT2D eigenvalue weighted by molar-refractivity contribution is 7.86. The van der Waals surface area contributed by atoms with E-state index in [1.807, 2.05) is 0 Å². The number of nitrogens with zero attached hydrogens (tertiary/aromatic N) is 4. The van der Waals surface area contributed by atoms with Gasteiger partial charge in [-0.25, -0.2) is 37.1 Å². The van der Waals surface area contributed by atoms with Gasteiger partial charge in [0, 0.05) is 67.3 Å². The summed E-state index contributed by atoms with van der Waals surface area (Å²) in [6.07, 6.45) is -1.26. The highest BCUT2D eigenvalue weighted by atomic mass is 32.2. The molecule has 1 fully saturated rings. The summed E-state index contributed by atoms with van der Waals surface area (Å²) < 4.78 is 136. The number of amides is 2. The second-order valence-electron chi connectivity index (χ2n) is 16.8. The van der Waals surface area contributed by atoms with Gasteiger partial charge in [-0.2, -0.15) is 17.0 Å². The fourth-order valence-electron chi connectivity index (χ4n) is 8.39. The average molecular weight is 1170 g/mol. The van der Waals surface area contributed by atoms with Crippen molar-refractivity contribution in [3.05, 3.63) is 77.5 Å². The minimum absolute atomic E-state index is 0.000610. The van der Waals surface area contributed by atoms with Crippen molar-refractivity contribution >= 4 is 89.0 Å². The molecule has 2 aromatic carbocycles. The molecule has 2 aromatic heterocycles. The molecule has 1 aliphatic carbocycles. The third kappa shape index (κ3) is 13.6. The lowest BCUT2D eigenvalue weighted by Gasteiger charge is -2.23. The van der Waals surface area contributed by atoms with Crippen molar-refractivity contribution in [2.45, 2.75) is 61.3 Å². The summed E-state index contributed by atoms with van der Waals surface area (Å²) in [7, 11) is -25.9. The van der Waals surface area contributed by atoms with Crippen molar-refractivity contribution in [1.82, 2.24) is 24.8 Å². The molecule has 11 N–H and O–H groups in total. The van der Waals surface area contributed by atoms with Gasteiger partial charge in [0.25, 0.3) is 5.91 Å². The van der Waals surface area contributed by atoms with E-state index in [2.05, 4.69) is 50.6 Å². The Morgan fingerprint density at radius 1 is 1.00 bits per heavy atom. The second-order valence-corrected chi connectivity index (χ2v) is 23.9. The summed E-state index contributed by atoms with van der Waals surface area (Å²) in [5.74, 6) is 4.17. The molecule has 2 aliphatic heterocycles. The van der Waals surface area contributed by atoms with Gasteiger partial charge < -0.3 is 64.2 Å². The molecule has 5 atom stereocenters. The Hall–Kier alpha value is -6.00. The van der Waals surface area contributed by atoms with Crippen LogP contribution < -0.4 is 26.7 Å². The number of aromatic nitrogens is 3. The smallest absolute Gasteiger partial charge is 0.490 e. The standard InChI is InChI=1S/C43H49N8O21P3S2/c1-4-45-29-16-14-27-36(28-15-17-30(46-5-2)40(77(65,66)67)38(28)70-37(27)39(29)76(62,63)64)25-11-6-7-12-26(25)43(54)50(3)19-9-13-33(53)47-18-8-10-24-21-51(42-35(24)41(44)48-23-49-42)34-20-31(52)32(69-34)22-68-74(58,59)72-75(60,61)71-73(55,56)57/h6-7,11-12,14-17,21,23,31-32,34,45,52H,4-5,9,13,18-20,22H2,1-3H3,(H,47,53)(H,58,59)(H,60,61)(H2,44,48,49)(H2,55,56,57)(H,62,63,64)(H,65,66,67)/t31-,32+,34+/m0/s1. The van der Waals surface area contributed by atoms with Gasteiger partial charge in [-0.1, -0.05) is 30.0 Å². The van der Waals surface area contributed by atoms with E-state index in [0.29, 0.717) is 0 Å². The monoisotopic (exact) mass is 1170 g/mol. The number of ether oxygens (including phenoxy) is 1. The number of carbonyl (C=O) groups is 2. The van der Waals surface area contributed by atoms with Crippen molar-refractivity contribution in [1.29, 1.82) is 0 Å². The van der Waals surface area contributed by atoms with Crippen LogP contribution in [0, 0.1) is 11.8 Å². The number of aliphatic hydroxyl groups is 1. The molecular weight excluding hydrogens is 1120 g/mol. The predicted molar refractivity (Wildman–Crippen MR) is 267 cm³/mol. The number of phosphoric ester groups is 1. The summed E-state index contributed by atoms with van der Waals surface area (Å²) in [5.41, 5.74) is 6.32. The minimum Gasteiger partial charge on any atom is -0.744 e. The van der Waals surface area contributed by atoms with E-state index in [1.54, 1.807) is 26.0 Å². The largest absolute Gasteiger partial charge is 0.744 e. The van der Waals surface area contributed by atoms with Crippen molar-refractivity contribution in [2.24, 2.45) is 0 Å². The third-order valence-corrected chi connectivity index (χ3v) is 17.1. The number of anilines is 2. The molecule has 0 bridgehead atoms. The van der Waals surface area contributed by atoms with Crippen LogP contribution in [-0.4, -0.2) is 134 Å². The molecule has 29 nitrogen and oxygen atoms in total. The normalized spacial score (nSPS) is 17.9. The first-order chi connectivity index (χ1) is 36.0. The average Bonchev–Trinajstić information content (AvgIpc) is 3.90. The van der Waals surface area contributed by atoms with Crippen molar-refractivity contribution in [3.63, 3.8) is 0 Å². The molecule has 7 rings (SSSR count). The van der Waals surface area contributed by atoms with Gasteiger partial charge in [-0.3, -0.25) is 18.7 Å². The lowest BCUT2D eigenvalue weighted by atomic mass is 9.90. The van der Waals surface area contributed by atoms with E-state index in [4.69, 9.17) is 24.7 Å². The Labute approximate surface area is 437 Å². The summed E-state index contributed by atoms with van der Waals surface area (Å²) >= 11 is 0. The number of nitrogens with one attached hydrogen (secondary N) is 3. The predicted octanol–water partition coefficient (Wildman–Crippen LogP) is 1.13. The SMILES string of the molecule is CCNc1ccc2c(-c3ccccc3C(=O)N(C)CCCC(=O)NCC#Cc3cn([C@H]4C[C@H](O)[C@@H](COP(=O)(O)OP(=O)(O)OP(=O)(O)O)O4)c4ncnc(N)c34)c3ccc(=[NH+]CC)c(S(=O)(=O)O)c-3oc2c1S(=O)(=O)[O-]. The maximum absolute atomic E-state index is 14.3. The molecule has 414 valence electrons. The van der Waals surface area contributed by atoms with Crippen LogP contribution in [0.1, 0.15) is 55.3 Å². The van der Waals surface area contributed by atoms with Crippen LogP contribution in [0.25, 0.3) is 44.5 Å². The van der Waals surface area contributed by atoms with Crippen molar-refractivity contribution < 1.29 is 101 Å². The molecule has 34 heteroatoms. The molecule has 0 spiro atoms. The first-order valence-electron chi connectivity index (χ1n) is 22.7. The number of hydrogen-bond donors (Lipinski definition) is 10.